The van der Waals surface area contributed by atoms with Gasteiger partial charge in [-0.3, -0.25) is 0 Å². The Labute approximate surface area is 158 Å². The van der Waals surface area contributed by atoms with Gasteiger partial charge in [0.25, 0.3) is 0 Å². The number of hydrogen-bond donors (Lipinski definition) is 1. The normalized spacial score (nSPS) is 57.9. The molecule has 5 unspecified atom stereocenters. The smallest absolute Gasteiger partial charge is 0.163 e. The molecule has 1 N–H and O–H groups in total. The van der Waals surface area contributed by atoms with E-state index in [1.54, 1.807) is 0 Å². The van der Waals surface area contributed by atoms with Crippen LogP contribution in [-0.4, -0.2) is 29.2 Å². The van der Waals surface area contributed by atoms with Crippen molar-refractivity contribution in [1.29, 1.82) is 0 Å². The molecule has 0 aromatic rings. The summed E-state index contributed by atoms with van der Waals surface area (Å²) in [6, 6.07) is 0. The lowest BCUT2D eigenvalue weighted by Crippen LogP contribution is -2.63. The molecule has 3 nitrogen and oxygen atoms in total. The summed E-state index contributed by atoms with van der Waals surface area (Å²) in [6.07, 6.45) is 8.15. The van der Waals surface area contributed by atoms with Crippen molar-refractivity contribution in [1.82, 2.24) is 0 Å². The van der Waals surface area contributed by atoms with Crippen LogP contribution >= 0.6 is 0 Å². The third-order valence-corrected chi connectivity index (χ3v) is 9.46. The molecule has 26 heavy (non-hydrogen) atoms. The van der Waals surface area contributed by atoms with E-state index in [-0.39, 0.29) is 23.7 Å². The van der Waals surface area contributed by atoms with Gasteiger partial charge in [-0.1, -0.05) is 26.0 Å². The fourth-order valence-electron chi connectivity index (χ4n) is 8.07. The molecule has 5 aliphatic rings. The molecule has 4 aliphatic carbocycles. The first-order chi connectivity index (χ1) is 12.2. The molecule has 3 heteroatoms. The first-order valence-electron chi connectivity index (χ1n) is 10.9. The minimum atomic E-state index is -0.503. The molecule has 0 radical (unpaired) electrons. The Balaban J connectivity index is 1.59. The molecule has 1 saturated heterocycles. The first-order valence-corrected chi connectivity index (χ1v) is 10.9. The Hall–Kier alpha value is -0.380. The summed E-state index contributed by atoms with van der Waals surface area (Å²) in [4.78, 5) is 0. The highest BCUT2D eigenvalue weighted by Crippen LogP contribution is 2.69. The molecular weight excluding hydrogens is 324 g/mol. The van der Waals surface area contributed by atoms with E-state index in [1.807, 2.05) is 0 Å². The standard InChI is InChI=1S/C23H36O3/c1-13-6-7-15-18-16(9-11-22(13,15)4)23(5)10-8-14(24)12-17(23)19-20(18)26-21(2,3)25-19/h14-20,24H,1,6-12H2,2-5H3/t14-,15?,16?,17?,18?,19?,20+,22+,23+/m0/s1. The van der Waals surface area contributed by atoms with Crippen LogP contribution < -0.4 is 0 Å². The molecule has 0 aromatic heterocycles. The third kappa shape index (κ3) is 2.17. The fraction of sp³-hybridized carbons (Fsp3) is 0.913. The molecule has 4 saturated carbocycles. The molecule has 5 fully saturated rings. The quantitative estimate of drug-likeness (QED) is 0.637. The molecule has 1 heterocycles. The average molecular weight is 361 g/mol. The van der Waals surface area contributed by atoms with Gasteiger partial charge < -0.3 is 14.6 Å². The number of ether oxygens (including phenoxy) is 2. The Morgan fingerprint density at radius 2 is 1.65 bits per heavy atom. The van der Waals surface area contributed by atoms with Crippen molar-refractivity contribution in [3.05, 3.63) is 12.2 Å². The zero-order chi connectivity index (χ0) is 18.5. The van der Waals surface area contributed by atoms with Gasteiger partial charge in [0.1, 0.15) is 0 Å². The van der Waals surface area contributed by atoms with Crippen LogP contribution in [0, 0.1) is 34.5 Å². The second-order valence-electron chi connectivity index (χ2n) is 11.0. The number of hydrogen-bond acceptors (Lipinski definition) is 3. The molecule has 146 valence electrons. The van der Waals surface area contributed by atoms with Crippen LogP contribution in [0.5, 0.6) is 0 Å². The van der Waals surface area contributed by atoms with Crippen LogP contribution in [0.4, 0.5) is 0 Å². The summed E-state index contributed by atoms with van der Waals surface area (Å²) in [5.74, 6) is 1.88. The van der Waals surface area contributed by atoms with E-state index < -0.39 is 5.79 Å². The van der Waals surface area contributed by atoms with E-state index >= 15 is 0 Å². The van der Waals surface area contributed by atoms with Crippen LogP contribution in [0.1, 0.15) is 72.6 Å². The zero-order valence-corrected chi connectivity index (χ0v) is 17.0. The SMILES string of the molecule is C=C1CCC2C3C(CC[C@]12C)[C@@]1(C)CC[C@H](O)CC1C1OC(C)(C)O[C@@H]13. The van der Waals surface area contributed by atoms with Crippen molar-refractivity contribution < 1.29 is 14.6 Å². The maximum atomic E-state index is 10.4. The predicted molar refractivity (Wildman–Crippen MR) is 101 cm³/mol. The predicted octanol–water partition coefficient (Wildman–Crippen LogP) is 4.69. The second-order valence-corrected chi connectivity index (χ2v) is 11.0. The Bertz CT molecular complexity index is 627. The topological polar surface area (TPSA) is 38.7 Å². The summed E-state index contributed by atoms with van der Waals surface area (Å²) < 4.78 is 13.1. The maximum absolute atomic E-state index is 10.4. The Kier molecular flexibility index (Phi) is 3.65. The third-order valence-electron chi connectivity index (χ3n) is 9.46. The zero-order valence-electron chi connectivity index (χ0n) is 17.0. The first kappa shape index (κ1) is 17.7. The van der Waals surface area contributed by atoms with Crippen LogP contribution in [0.3, 0.4) is 0 Å². The van der Waals surface area contributed by atoms with Crippen LogP contribution in [0.15, 0.2) is 12.2 Å². The summed E-state index contributed by atoms with van der Waals surface area (Å²) >= 11 is 0. The second kappa shape index (κ2) is 5.36. The van der Waals surface area contributed by atoms with Gasteiger partial charge in [0.05, 0.1) is 18.3 Å². The van der Waals surface area contributed by atoms with Gasteiger partial charge in [-0.15, -0.1) is 0 Å². The Morgan fingerprint density at radius 1 is 0.923 bits per heavy atom. The lowest BCUT2D eigenvalue weighted by molar-refractivity contribution is -0.182. The van der Waals surface area contributed by atoms with Gasteiger partial charge in [-0.2, -0.15) is 0 Å². The summed E-state index contributed by atoms with van der Waals surface area (Å²) in [6.45, 7) is 13.6. The van der Waals surface area contributed by atoms with E-state index in [0.29, 0.717) is 29.1 Å². The number of aliphatic hydroxyl groups excluding tert-OH is 1. The summed E-state index contributed by atoms with van der Waals surface area (Å²) in [5.41, 5.74) is 2.04. The summed E-state index contributed by atoms with van der Waals surface area (Å²) in [5, 5.41) is 10.4. The molecular formula is C23H36O3. The molecule has 1 aliphatic heterocycles. The average Bonchev–Trinajstić information content (AvgIpc) is 3.05. The van der Waals surface area contributed by atoms with E-state index in [1.165, 1.54) is 31.3 Å². The van der Waals surface area contributed by atoms with Crippen LogP contribution in [0.25, 0.3) is 0 Å². The molecule has 0 bridgehead atoms. The lowest BCUT2D eigenvalue weighted by Gasteiger charge is -2.62. The van der Waals surface area contributed by atoms with Crippen molar-refractivity contribution in [2.75, 3.05) is 0 Å². The number of rotatable bonds is 0. The highest BCUT2D eigenvalue weighted by atomic mass is 16.8. The highest BCUT2D eigenvalue weighted by molar-refractivity contribution is 5.23. The molecule has 0 spiro atoms. The van der Waals surface area contributed by atoms with E-state index in [0.717, 1.165) is 19.3 Å². The Morgan fingerprint density at radius 3 is 2.42 bits per heavy atom. The van der Waals surface area contributed by atoms with Gasteiger partial charge in [-0.05, 0) is 93.3 Å². The highest BCUT2D eigenvalue weighted by Gasteiger charge is 2.67. The van der Waals surface area contributed by atoms with Gasteiger partial charge in [0, 0.05) is 0 Å². The van der Waals surface area contributed by atoms with E-state index in [4.69, 9.17) is 9.47 Å². The van der Waals surface area contributed by atoms with E-state index in [9.17, 15) is 5.11 Å². The van der Waals surface area contributed by atoms with Crippen molar-refractivity contribution >= 4 is 0 Å². The van der Waals surface area contributed by atoms with Crippen LogP contribution in [-0.2, 0) is 9.47 Å². The monoisotopic (exact) mass is 360 g/mol. The fourth-order valence-corrected chi connectivity index (χ4v) is 8.07. The summed E-state index contributed by atoms with van der Waals surface area (Å²) in [7, 11) is 0. The van der Waals surface area contributed by atoms with Gasteiger partial charge in [0.2, 0.25) is 0 Å². The minimum Gasteiger partial charge on any atom is -0.393 e. The molecule has 5 rings (SSSR count). The van der Waals surface area contributed by atoms with Gasteiger partial charge >= 0.3 is 0 Å². The number of allylic oxidation sites excluding steroid dienone is 1. The number of aliphatic hydroxyl groups is 1. The number of fused-ring (bicyclic) bond motifs is 8. The van der Waals surface area contributed by atoms with Gasteiger partial charge in [0.15, 0.2) is 5.79 Å². The van der Waals surface area contributed by atoms with Crippen molar-refractivity contribution in [2.45, 2.75) is 96.7 Å². The van der Waals surface area contributed by atoms with Crippen molar-refractivity contribution in [3.63, 3.8) is 0 Å². The van der Waals surface area contributed by atoms with E-state index in [2.05, 4.69) is 34.3 Å². The van der Waals surface area contributed by atoms with Crippen molar-refractivity contribution in [3.8, 4) is 0 Å². The lowest BCUT2D eigenvalue weighted by atomic mass is 9.43. The molecule has 0 aromatic carbocycles. The minimum absolute atomic E-state index is 0.141. The molecule has 9 atom stereocenters. The van der Waals surface area contributed by atoms with Crippen molar-refractivity contribution in [2.24, 2.45) is 34.5 Å². The van der Waals surface area contributed by atoms with Gasteiger partial charge in [-0.25, -0.2) is 0 Å². The maximum Gasteiger partial charge on any atom is 0.163 e. The largest absolute Gasteiger partial charge is 0.393 e. The van der Waals surface area contributed by atoms with Crippen LogP contribution in [0.2, 0.25) is 0 Å². The molecule has 0 amide bonds.